The van der Waals surface area contributed by atoms with Crippen LogP contribution >= 0.6 is 0 Å². The molecule has 2 heterocycles. The van der Waals surface area contributed by atoms with Crippen molar-refractivity contribution in [3.05, 3.63) is 59.7 Å². The van der Waals surface area contributed by atoms with Crippen LogP contribution in [0.1, 0.15) is 96.6 Å². The van der Waals surface area contributed by atoms with Crippen LogP contribution in [0.5, 0.6) is 11.5 Å². The highest BCUT2D eigenvalue weighted by Gasteiger charge is 2.43. The summed E-state index contributed by atoms with van der Waals surface area (Å²) in [4.78, 5) is 176. The number of primary amides is 1. The molecule has 11 atom stereocenters. The molecule has 2 aliphatic heterocycles. The number of nitrogens with one attached hydrogen (secondary N) is 8. The lowest BCUT2D eigenvalue weighted by molar-refractivity contribution is -0.144. The van der Waals surface area contributed by atoms with E-state index in [4.69, 9.17) is 11.5 Å². The Morgan fingerprint density at radius 3 is 1.32 bits per heavy atom. The van der Waals surface area contributed by atoms with Gasteiger partial charge in [-0.15, -0.1) is 0 Å². The first kappa shape index (κ1) is 73.5. The third-order valence-electron chi connectivity index (χ3n) is 14.8. The number of aliphatic hydroxyl groups is 3. The fourth-order valence-corrected chi connectivity index (χ4v) is 10.2. The van der Waals surface area contributed by atoms with E-state index in [0.717, 1.165) is 9.80 Å². The van der Waals surface area contributed by atoms with E-state index in [2.05, 4.69) is 42.5 Å². The maximum Gasteiger partial charge on any atom is 0.326 e. The van der Waals surface area contributed by atoms with Gasteiger partial charge in [0.1, 0.15) is 71.9 Å². The number of phenols is 2. The zero-order valence-corrected chi connectivity index (χ0v) is 50.4. The van der Waals surface area contributed by atoms with Crippen LogP contribution < -0.4 is 54.0 Å². The van der Waals surface area contributed by atoms with Crippen LogP contribution in [0.3, 0.4) is 0 Å². The van der Waals surface area contributed by atoms with Crippen molar-refractivity contribution in [3.8, 4) is 11.5 Å². The third-order valence-corrected chi connectivity index (χ3v) is 14.8. The van der Waals surface area contributed by atoms with E-state index >= 15 is 0 Å². The number of hydrogen-bond donors (Lipinski definition) is 17. The molecule has 0 aromatic heterocycles. The molecule has 0 aliphatic carbocycles. The van der Waals surface area contributed by atoms with Crippen molar-refractivity contribution in [2.24, 2.45) is 23.3 Å². The number of rotatable bonds is 35. The molecule has 32 nitrogen and oxygen atoms in total. The number of nitrogens with two attached hydrogens (primary N) is 2. The Balaban J connectivity index is 1.50. The molecule has 0 spiro atoms. The summed E-state index contributed by atoms with van der Waals surface area (Å²) >= 11 is 0. The zero-order chi connectivity index (χ0) is 67.1. The van der Waals surface area contributed by atoms with E-state index in [1.165, 1.54) is 48.5 Å². The minimum absolute atomic E-state index is 0.0125. The van der Waals surface area contributed by atoms with Gasteiger partial charge in [0.25, 0.3) is 0 Å². The van der Waals surface area contributed by atoms with Crippen LogP contribution in [0, 0.1) is 11.8 Å². The van der Waals surface area contributed by atoms with E-state index in [9.17, 15) is 98.1 Å². The highest BCUT2D eigenvalue weighted by molar-refractivity contribution is 6.00. The fourth-order valence-electron chi connectivity index (χ4n) is 10.2. The first-order chi connectivity index (χ1) is 42.5. The molecule has 2 aliphatic rings. The lowest BCUT2D eigenvalue weighted by atomic mass is 10.0. The first-order valence-electron chi connectivity index (χ1n) is 29.4. The molecule has 2 saturated heterocycles. The summed E-state index contributed by atoms with van der Waals surface area (Å²) in [6.07, 6.45) is -2.06. The van der Waals surface area contributed by atoms with Gasteiger partial charge in [0, 0.05) is 32.4 Å². The second-order valence-electron chi connectivity index (χ2n) is 23.0. The van der Waals surface area contributed by atoms with Gasteiger partial charge in [0.05, 0.1) is 32.3 Å². The SMILES string of the molecule is CC(C)C[C@H](NC(=O)[C@H](CC(N)=O)NC(=O)[C@H](CCC(=O)O)NC(=O)[C@@H]1CCCN1C(=O)[C@H](Cc1ccc(O)cc1)NC(=O)[C@H](CO)NC(=O)[C@@H]1CCCN1C(=O)[C@H](CO)NC(=O)[C@H](CO)NC(=O)[C@H](Cc1ccc(O)cc1)NC(=O)[C@@H](N)CC(C)C)C(=O)O. The lowest BCUT2D eigenvalue weighted by Gasteiger charge is -2.31. The molecular formula is C58H84N12O20. The Hall–Kier alpha value is -9.01. The molecule has 2 aromatic carbocycles. The number of carboxylic acids is 2. The average molecular weight is 1270 g/mol. The number of carbonyl (C=O) groups excluding carboxylic acids is 11. The second kappa shape index (κ2) is 35.2. The standard InChI is InChI=1S/C58H84N12O20/c1-29(2)21-35(59)48(79)62-37(23-31-9-13-33(74)14-10-31)50(81)66-41(26-71)53(84)68-43(28-73)57(88)70-20-6-8-45(70)55(86)67-42(27-72)52(83)64-39(24-32-11-15-34(75)16-12-32)56(87)69-19-5-7-44(69)54(85)61-36(17-18-47(77)78)49(80)63-38(25-46(60)76)51(82)65-40(58(89)90)22-30(3)4/h9-16,29-30,35-45,71-75H,5-8,17-28,59H2,1-4H3,(H2,60,76)(H,61,85)(H,62,79)(H,63,80)(H,64,83)(H,65,82)(H,66,81)(H,67,86)(H,68,84)(H,77,78)(H,89,90)/t35-,36-,37-,38-,39-,40-,41-,42-,43-,44-,45-/m0/s1. The largest absolute Gasteiger partial charge is 0.508 e. The molecule has 4 rings (SSSR count). The van der Waals surface area contributed by atoms with Crippen molar-refractivity contribution in [2.45, 2.75) is 165 Å². The van der Waals surface area contributed by atoms with Crippen LogP contribution in [0.25, 0.3) is 0 Å². The summed E-state index contributed by atoms with van der Waals surface area (Å²) in [5.41, 5.74) is 12.2. The summed E-state index contributed by atoms with van der Waals surface area (Å²) < 4.78 is 0. The summed E-state index contributed by atoms with van der Waals surface area (Å²) in [7, 11) is 0. The fraction of sp³-hybridized carbons (Fsp3) is 0.569. The van der Waals surface area contributed by atoms with Crippen LogP contribution in [0.2, 0.25) is 0 Å². The van der Waals surface area contributed by atoms with Gasteiger partial charge in [-0.3, -0.25) is 57.5 Å². The molecule has 2 aromatic rings. The van der Waals surface area contributed by atoms with Gasteiger partial charge in [-0.1, -0.05) is 52.0 Å². The Bertz CT molecular complexity index is 2880. The van der Waals surface area contributed by atoms with E-state index in [1.54, 1.807) is 13.8 Å². The van der Waals surface area contributed by atoms with E-state index < -0.39 is 182 Å². The summed E-state index contributed by atoms with van der Waals surface area (Å²) in [6.45, 7) is 3.65. The number of phenolic OH excluding ortho intramolecular Hbond substituents is 2. The molecule has 0 bridgehead atoms. The predicted molar refractivity (Wildman–Crippen MR) is 315 cm³/mol. The minimum atomic E-state index is -1.82. The van der Waals surface area contributed by atoms with Gasteiger partial charge in [-0.25, -0.2) is 4.79 Å². The number of aliphatic carboxylic acids is 2. The van der Waals surface area contributed by atoms with E-state index in [1.807, 2.05) is 13.8 Å². The van der Waals surface area contributed by atoms with E-state index in [-0.39, 0.29) is 87.8 Å². The van der Waals surface area contributed by atoms with Gasteiger partial charge in [0.15, 0.2) is 0 Å². The monoisotopic (exact) mass is 1270 g/mol. The van der Waals surface area contributed by atoms with Crippen LogP contribution in [-0.2, 0) is 75.2 Å². The number of carboxylic acid groups (broad SMARTS) is 2. The van der Waals surface area contributed by atoms with Crippen molar-refractivity contribution < 1.29 is 98.1 Å². The van der Waals surface area contributed by atoms with Crippen molar-refractivity contribution in [1.82, 2.24) is 52.3 Å². The van der Waals surface area contributed by atoms with Crippen LogP contribution in [0.15, 0.2) is 48.5 Å². The maximum absolute atomic E-state index is 14.7. The average Bonchev–Trinajstić information content (AvgIpc) is 1.79. The van der Waals surface area contributed by atoms with Crippen LogP contribution in [-0.4, -0.2) is 222 Å². The molecule has 32 heteroatoms. The molecule has 2 fully saturated rings. The highest BCUT2D eigenvalue weighted by Crippen LogP contribution is 2.23. The molecule has 0 saturated carbocycles. The summed E-state index contributed by atoms with van der Waals surface area (Å²) in [5.74, 6) is -14.5. The first-order valence-corrected chi connectivity index (χ1v) is 29.4. The zero-order valence-electron chi connectivity index (χ0n) is 50.4. The predicted octanol–water partition coefficient (Wildman–Crippen LogP) is -5.04. The van der Waals surface area contributed by atoms with E-state index in [0.29, 0.717) is 11.1 Å². The lowest BCUT2D eigenvalue weighted by Crippen LogP contribution is -2.61. The summed E-state index contributed by atoms with van der Waals surface area (Å²) in [6, 6.07) is -5.96. The molecule has 90 heavy (non-hydrogen) atoms. The van der Waals surface area contributed by atoms with Gasteiger partial charge < -0.3 is 99.5 Å². The quantitative estimate of drug-likeness (QED) is 0.0307. The maximum atomic E-state index is 14.7. The smallest absolute Gasteiger partial charge is 0.326 e. The van der Waals surface area contributed by atoms with Crippen molar-refractivity contribution in [1.29, 1.82) is 0 Å². The highest BCUT2D eigenvalue weighted by atomic mass is 16.4. The molecule has 0 radical (unpaired) electrons. The number of aliphatic hydroxyl groups excluding tert-OH is 3. The molecule has 496 valence electrons. The number of amides is 11. The number of aromatic hydroxyl groups is 2. The number of likely N-dealkylation sites (tertiary alicyclic amines) is 2. The Morgan fingerprint density at radius 1 is 0.489 bits per heavy atom. The normalized spacial score (nSPS) is 17.6. The Labute approximate surface area is 518 Å². The van der Waals surface area contributed by atoms with Gasteiger partial charge in [0.2, 0.25) is 65.0 Å². The topological polar surface area (TPSA) is 518 Å². The van der Waals surface area contributed by atoms with Crippen molar-refractivity contribution in [2.75, 3.05) is 32.9 Å². The molecule has 19 N–H and O–H groups in total. The van der Waals surface area contributed by atoms with Gasteiger partial charge >= 0.3 is 11.9 Å². The second-order valence-corrected chi connectivity index (χ2v) is 23.0. The Morgan fingerprint density at radius 2 is 0.867 bits per heavy atom. The summed E-state index contributed by atoms with van der Waals surface area (Å²) in [5, 5.41) is 89.1. The molecule has 0 unspecified atom stereocenters. The van der Waals surface area contributed by atoms with Crippen molar-refractivity contribution in [3.63, 3.8) is 0 Å². The number of benzene rings is 2. The Kier molecular flexibility index (Phi) is 28.8. The van der Waals surface area contributed by atoms with Crippen LogP contribution in [0.4, 0.5) is 0 Å². The van der Waals surface area contributed by atoms with Crippen molar-refractivity contribution >= 4 is 76.9 Å². The minimum Gasteiger partial charge on any atom is -0.508 e. The number of hydrogen-bond acceptors (Lipinski definition) is 19. The van der Waals surface area contributed by atoms with Gasteiger partial charge in [-0.2, -0.15) is 0 Å². The molecular weight excluding hydrogens is 1180 g/mol. The number of nitrogens with zero attached hydrogens (tertiary/aromatic N) is 2. The number of carbonyl (C=O) groups is 13. The third kappa shape index (κ3) is 22.5. The van der Waals surface area contributed by atoms with Gasteiger partial charge in [-0.05, 0) is 92.2 Å². The molecule has 11 amide bonds.